The number of anilines is 4. The molecular formula is C84H89Cl4N6O2P. The number of ketones is 1. The van der Waals surface area contributed by atoms with E-state index in [-0.39, 0.29) is 18.2 Å². The second-order valence-electron chi connectivity index (χ2n) is 23.4. The van der Waals surface area contributed by atoms with Crippen LogP contribution in [0.2, 0.25) is 0 Å². The number of hydrogen-bond donors (Lipinski definition) is 0. The molecule has 0 aliphatic carbocycles. The lowest BCUT2D eigenvalue weighted by atomic mass is 9.86. The summed E-state index contributed by atoms with van der Waals surface area (Å²) in [5, 5.41) is -1.96. The summed E-state index contributed by atoms with van der Waals surface area (Å²) in [6.07, 6.45) is 0. The second kappa shape index (κ2) is 35.6. The summed E-state index contributed by atoms with van der Waals surface area (Å²) in [6, 6.07) is 93.0. The van der Waals surface area contributed by atoms with Gasteiger partial charge in [-0.25, -0.2) is 0 Å². The van der Waals surface area contributed by atoms with Crippen LogP contribution in [0.15, 0.2) is 261 Å². The SMILES string of the molecule is CCN(CC)c1ccc(C(=C2C(c3ccccc3)=[N+](c3ccc(C)cc3)c3ccccc32)c2ccc(N(CC)CC)cc2)cc1.CCN(CC)c1ccc(C(=O)c2ccc(N(CC)CC)cc2)cc1.Cc1ccc(-n2c(-c3ccccc3)cc3ccccc32)cc1.O=P(Cl)(Cl)Cl.[Cl-]. The summed E-state index contributed by atoms with van der Waals surface area (Å²) in [7, 11) is 0. The number of aromatic nitrogens is 1. The predicted molar refractivity (Wildman–Crippen MR) is 418 cm³/mol. The van der Waals surface area contributed by atoms with E-state index in [1.165, 1.54) is 95.1 Å². The minimum atomic E-state index is -3.22. The van der Waals surface area contributed by atoms with Crippen LogP contribution in [0.1, 0.15) is 105 Å². The highest BCUT2D eigenvalue weighted by Crippen LogP contribution is 2.61. The number of para-hydroxylation sites is 2. The Balaban J connectivity index is 0.000000194. The lowest BCUT2D eigenvalue weighted by molar-refractivity contribution is -0.0000271. The maximum Gasteiger partial charge on any atom is 0.339 e. The number of nitrogens with zero attached hydrogens (tertiary/aromatic N) is 6. The van der Waals surface area contributed by atoms with E-state index in [1.54, 1.807) is 0 Å². The molecule has 0 amide bonds. The summed E-state index contributed by atoms with van der Waals surface area (Å²) < 4.78 is 14.3. The Bertz CT molecular complexity index is 4280. The predicted octanol–water partition coefficient (Wildman–Crippen LogP) is 20.0. The summed E-state index contributed by atoms with van der Waals surface area (Å²) in [4.78, 5) is 22.0. The van der Waals surface area contributed by atoms with Crippen molar-refractivity contribution in [1.29, 1.82) is 0 Å². The van der Waals surface area contributed by atoms with Crippen molar-refractivity contribution in [1.82, 2.24) is 9.14 Å². The Morgan fingerprint density at radius 2 is 0.763 bits per heavy atom. The molecule has 0 spiro atoms. The van der Waals surface area contributed by atoms with Crippen molar-refractivity contribution < 1.29 is 21.8 Å². The molecule has 0 bridgehead atoms. The van der Waals surface area contributed by atoms with Crippen molar-refractivity contribution >= 4 is 107 Å². The molecule has 10 aromatic carbocycles. The van der Waals surface area contributed by atoms with Crippen LogP contribution < -0.4 is 36.6 Å². The highest BCUT2D eigenvalue weighted by Gasteiger charge is 2.39. The molecule has 500 valence electrons. The van der Waals surface area contributed by atoms with Crippen LogP contribution in [0.5, 0.6) is 0 Å². The number of carbonyl (C=O) groups is 1. The summed E-state index contributed by atoms with van der Waals surface area (Å²) in [6.45, 7) is 29.5. The Kier molecular flexibility index (Phi) is 27.2. The number of allylic oxidation sites excluding steroid dienone is 1. The molecule has 2 heterocycles. The molecule has 0 radical (unpaired) electrons. The highest BCUT2D eigenvalue weighted by molar-refractivity contribution is 8.24. The Morgan fingerprint density at radius 3 is 1.18 bits per heavy atom. The first-order chi connectivity index (χ1) is 46.5. The van der Waals surface area contributed by atoms with Crippen LogP contribution >= 0.6 is 38.9 Å². The van der Waals surface area contributed by atoms with Crippen LogP contribution in [-0.2, 0) is 4.57 Å². The zero-order chi connectivity index (χ0) is 68.3. The van der Waals surface area contributed by atoms with Crippen molar-refractivity contribution in [3.63, 3.8) is 0 Å². The fourth-order valence-electron chi connectivity index (χ4n) is 12.6. The minimum absolute atomic E-state index is 0. The van der Waals surface area contributed by atoms with E-state index in [9.17, 15) is 9.36 Å². The Labute approximate surface area is 596 Å². The summed E-state index contributed by atoms with van der Waals surface area (Å²) in [5.41, 5.74) is 24.7. The maximum atomic E-state index is 12.7. The van der Waals surface area contributed by atoms with Crippen molar-refractivity contribution in [2.75, 3.05) is 72.0 Å². The quantitative estimate of drug-likeness (QED) is 0.0431. The molecule has 97 heavy (non-hydrogen) atoms. The third-order valence-corrected chi connectivity index (χ3v) is 17.6. The number of aryl methyl sites for hydroxylation is 2. The first-order valence-corrected chi connectivity index (χ1v) is 38.0. The van der Waals surface area contributed by atoms with Gasteiger partial charge in [0.25, 0.3) is 0 Å². The molecule has 0 fully saturated rings. The number of carbonyl (C=O) groups excluding carboxylic acids is 1. The highest BCUT2D eigenvalue weighted by atomic mass is 36.0. The third-order valence-electron chi connectivity index (χ3n) is 17.6. The molecule has 1 aliphatic heterocycles. The van der Waals surface area contributed by atoms with Gasteiger partial charge in [-0.2, -0.15) is 4.58 Å². The molecule has 8 nitrogen and oxygen atoms in total. The van der Waals surface area contributed by atoms with E-state index in [2.05, 4.69) is 344 Å². The Hall–Kier alpha value is -8.59. The molecule has 0 saturated heterocycles. The molecule has 0 saturated carbocycles. The Morgan fingerprint density at radius 1 is 0.412 bits per heavy atom. The average Bonchev–Trinajstić information content (AvgIpc) is 1.58. The van der Waals surface area contributed by atoms with Gasteiger partial charge in [-0.15, -0.1) is 0 Å². The molecule has 11 aromatic rings. The topological polar surface area (TPSA) is 55.0 Å². The van der Waals surface area contributed by atoms with E-state index in [0.29, 0.717) is 0 Å². The van der Waals surface area contributed by atoms with Gasteiger partial charge >= 0.3 is 5.20 Å². The van der Waals surface area contributed by atoms with Crippen molar-refractivity contribution in [2.45, 2.75) is 69.2 Å². The first-order valence-electron chi connectivity index (χ1n) is 33.5. The molecule has 0 N–H and O–H groups in total. The normalized spacial score (nSPS) is 11.4. The van der Waals surface area contributed by atoms with E-state index in [0.717, 1.165) is 80.5 Å². The summed E-state index contributed by atoms with van der Waals surface area (Å²) >= 11 is 13.8. The van der Waals surface area contributed by atoms with Crippen molar-refractivity contribution in [2.24, 2.45) is 0 Å². The second-order valence-corrected chi connectivity index (χ2v) is 30.0. The maximum absolute atomic E-state index is 12.7. The van der Waals surface area contributed by atoms with Gasteiger partial charge in [0.1, 0.15) is 0 Å². The zero-order valence-electron chi connectivity index (χ0n) is 57.4. The smallest absolute Gasteiger partial charge is 0.339 e. The molecule has 1 aliphatic rings. The van der Waals surface area contributed by atoms with E-state index in [4.69, 9.17) is 0 Å². The van der Waals surface area contributed by atoms with Crippen molar-refractivity contribution in [3.8, 4) is 16.9 Å². The van der Waals surface area contributed by atoms with Gasteiger partial charge in [-0.3, -0.25) is 9.36 Å². The fourth-order valence-corrected chi connectivity index (χ4v) is 12.6. The van der Waals surface area contributed by atoms with Crippen LogP contribution in [0.25, 0.3) is 39.0 Å². The number of benzene rings is 10. The first kappa shape index (κ1) is 74.2. The lowest BCUT2D eigenvalue weighted by Gasteiger charge is -2.23. The lowest BCUT2D eigenvalue weighted by Crippen LogP contribution is -3.00. The van der Waals surface area contributed by atoms with Gasteiger partial charge in [0.2, 0.25) is 17.1 Å². The number of hydrogen-bond acceptors (Lipinski definition) is 6. The number of fused-ring (bicyclic) bond motifs is 2. The van der Waals surface area contributed by atoms with Gasteiger partial charge in [-0.05, 0) is 235 Å². The van der Waals surface area contributed by atoms with Gasteiger partial charge in [0, 0.05) is 127 Å². The van der Waals surface area contributed by atoms with E-state index >= 15 is 0 Å². The van der Waals surface area contributed by atoms with Crippen LogP contribution in [-0.4, -0.2) is 68.4 Å². The largest absolute Gasteiger partial charge is 1.00 e. The van der Waals surface area contributed by atoms with E-state index in [1.807, 2.05) is 48.5 Å². The van der Waals surface area contributed by atoms with Gasteiger partial charge in [-0.1, -0.05) is 139 Å². The van der Waals surface area contributed by atoms with Gasteiger partial charge < -0.3 is 36.6 Å². The summed E-state index contributed by atoms with van der Waals surface area (Å²) in [5.74, 6) is 0.0761. The standard InChI is InChI=1S/C42H44N3.C21H28N2O.C21H17N.Cl3OP.ClH/c1-6-43(7-2)35-27-21-32(22-28-35)40(33-23-29-36(30-24-33)44(8-3)9-4)41-38-17-13-14-18-39(38)45(37-25-19-31(5)20-26-37)42(41)34-15-11-10-12-16-34;1-5-22(6-2)19-13-9-17(10-14-19)21(24)18-11-15-20(16-12-18)23(7-3)8-4;1-16-11-13-19(14-12-16)22-20-10-6-5-9-18(20)15-21(22)17-7-3-2-4-8-17;1-5(2,3)4;/h10-30H,6-9H2,1-5H3;9-16H,5-8H2,1-4H3;2-15H,1H3;;1H/q+1;;;;/p-1. The third kappa shape index (κ3) is 18.5. The average molecular weight is 1390 g/mol. The van der Waals surface area contributed by atoms with Gasteiger partial charge in [0.15, 0.2) is 5.78 Å². The van der Waals surface area contributed by atoms with E-state index < -0.39 is 5.20 Å². The minimum Gasteiger partial charge on any atom is -1.00 e. The molecule has 1 aromatic heterocycles. The molecule has 13 heteroatoms. The van der Waals surface area contributed by atoms with Crippen molar-refractivity contribution in [3.05, 3.63) is 305 Å². The van der Waals surface area contributed by atoms with Crippen LogP contribution in [0.4, 0.5) is 34.1 Å². The fraction of sp³-hybridized carbons (Fsp3) is 0.214. The monoisotopic (exact) mass is 1380 g/mol. The molecular weight excluding hydrogens is 1300 g/mol. The number of rotatable bonds is 20. The number of halogens is 4. The van der Waals surface area contributed by atoms with Crippen LogP contribution in [0, 0.1) is 13.8 Å². The molecule has 0 atom stereocenters. The molecule has 12 rings (SSSR count). The molecule has 0 unspecified atom stereocenters. The van der Waals surface area contributed by atoms with Crippen LogP contribution in [0.3, 0.4) is 0 Å². The van der Waals surface area contributed by atoms with Gasteiger partial charge in [0.05, 0.1) is 22.3 Å². The zero-order valence-corrected chi connectivity index (χ0v) is 61.4.